The van der Waals surface area contributed by atoms with E-state index >= 15 is 0 Å². The fraction of sp³-hybridized carbons (Fsp3) is 0.250. The maximum Gasteiger partial charge on any atom is 0.138 e. The summed E-state index contributed by atoms with van der Waals surface area (Å²) in [6.07, 6.45) is 4.54. The first-order valence-corrected chi connectivity index (χ1v) is 10.4. The van der Waals surface area contributed by atoms with Crippen LogP contribution in [0.1, 0.15) is 17.5 Å². The summed E-state index contributed by atoms with van der Waals surface area (Å²) in [6, 6.07) is 12.3. The standard InChI is InChI=1S/C24H25ClN4O/c1-15-9-16(2)11-17(10-15)20-14-27-23-13-21(25)18(22-5-7-29(3)28-22)12-19(23)24(20)30-8-4-6-26/h5,7,9-14H,4,6,8,26H2,1-3H3. The molecule has 0 unspecified atom stereocenters. The zero-order chi connectivity index (χ0) is 21.3. The predicted octanol–water partition coefficient (Wildman–Crippen LogP) is 5.30. The van der Waals surface area contributed by atoms with Gasteiger partial charge in [-0.3, -0.25) is 9.67 Å². The summed E-state index contributed by atoms with van der Waals surface area (Å²) in [5.41, 5.74) is 12.6. The Balaban J connectivity index is 1.95. The fourth-order valence-corrected chi connectivity index (χ4v) is 3.95. The maximum atomic E-state index is 6.58. The molecule has 4 aromatic rings. The quantitative estimate of drug-likeness (QED) is 0.430. The highest BCUT2D eigenvalue weighted by Crippen LogP contribution is 2.40. The van der Waals surface area contributed by atoms with Gasteiger partial charge in [0.05, 0.1) is 22.8 Å². The van der Waals surface area contributed by atoms with Crippen LogP contribution in [0.5, 0.6) is 5.75 Å². The minimum Gasteiger partial charge on any atom is -0.492 e. The molecule has 6 heteroatoms. The van der Waals surface area contributed by atoms with E-state index in [2.05, 4.69) is 37.1 Å². The first-order chi connectivity index (χ1) is 14.5. The van der Waals surface area contributed by atoms with E-state index in [1.54, 1.807) is 4.68 Å². The van der Waals surface area contributed by atoms with E-state index in [-0.39, 0.29) is 0 Å². The van der Waals surface area contributed by atoms with Gasteiger partial charge in [0.25, 0.3) is 0 Å². The Morgan fingerprint density at radius 1 is 1.07 bits per heavy atom. The van der Waals surface area contributed by atoms with Crippen molar-refractivity contribution in [2.24, 2.45) is 12.8 Å². The van der Waals surface area contributed by atoms with Crippen LogP contribution in [-0.4, -0.2) is 27.9 Å². The van der Waals surface area contributed by atoms with E-state index in [4.69, 9.17) is 27.1 Å². The molecule has 4 rings (SSSR count). The summed E-state index contributed by atoms with van der Waals surface area (Å²) < 4.78 is 8.03. The monoisotopic (exact) mass is 420 g/mol. The summed E-state index contributed by atoms with van der Waals surface area (Å²) in [6.45, 7) is 5.31. The molecule has 0 spiro atoms. The molecule has 0 saturated carbocycles. The number of ether oxygens (including phenoxy) is 1. The fourth-order valence-electron chi connectivity index (χ4n) is 3.69. The Kier molecular flexibility index (Phi) is 5.75. The van der Waals surface area contributed by atoms with Crippen molar-refractivity contribution in [2.45, 2.75) is 20.3 Å². The number of benzene rings is 2. The van der Waals surface area contributed by atoms with Gasteiger partial charge in [0, 0.05) is 36.0 Å². The molecule has 2 aromatic carbocycles. The second-order valence-corrected chi connectivity index (χ2v) is 8.00. The van der Waals surface area contributed by atoms with Crippen molar-refractivity contribution in [3.8, 4) is 28.1 Å². The lowest BCUT2D eigenvalue weighted by Crippen LogP contribution is -2.07. The Bertz CT molecular complexity index is 1200. The normalized spacial score (nSPS) is 11.2. The summed E-state index contributed by atoms with van der Waals surface area (Å²) in [5.74, 6) is 0.798. The lowest BCUT2D eigenvalue weighted by Gasteiger charge is -2.16. The number of aromatic nitrogens is 3. The van der Waals surface area contributed by atoms with Crippen LogP contribution in [0.15, 0.2) is 48.8 Å². The molecule has 0 aliphatic heterocycles. The lowest BCUT2D eigenvalue weighted by molar-refractivity contribution is 0.318. The van der Waals surface area contributed by atoms with Crippen LogP contribution in [0.25, 0.3) is 33.3 Å². The maximum absolute atomic E-state index is 6.58. The third kappa shape index (κ3) is 4.04. The van der Waals surface area contributed by atoms with Crippen molar-refractivity contribution in [3.63, 3.8) is 0 Å². The molecule has 0 fully saturated rings. The number of hydrogen-bond acceptors (Lipinski definition) is 4. The number of aryl methyl sites for hydroxylation is 3. The Morgan fingerprint density at radius 3 is 2.50 bits per heavy atom. The second kappa shape index (κ2) is 8.46. The average Bonchev–Trinajstić information content (AvgIpc) is 3.13. The molecule has 2 aromatic heterocycles. The Morgan fingerprint density at radius 2 is 1.83 bits per heavy atom. The number of fused-ring (bicyclic) bond motifs is 1. The molecule has 2 heterocycles. The molecule has 154 valence electrons. The third-order valence-corrected chi connectivity index (χ3v) is 5.34. The van der Waals surface area contributed by atoms with Gasteiger partial charge >= 0.3 is 0 Å². The van der Waals surface area contributed by atoms with E-state index in [0.717, 1.165) is 45.5 Å². The number of nitrogens with zero attached hydrogens (tertiary/aromatic N) is 3. The van der Waals surface area contributed by atoms with Crippen molar-refractivity contribution in [3.05, 3.63) is 64.9 Å². The summed E-state index contributed by atoms with van der Waals surface area (Å²) in [4.78, 5) is 4.69. The average molecular weight is 421 g/mol. The van der Waals surface area contributed by atoms with Gasteiger partial charge in [0.1, 0.15) is 5.75 Å². The third-order valence-electron chi connectivity index (χ3n) is 5.02. The number of rotatable bonds is 6. The van der Waals surface area contributed by atoms with Gasteiger partial charge in [0.15, 0.2) is 0 Å². The highest BCUT2D eigenvalue weighted by Gasteiger charge is 2.17. The minimum absolute atomic E-state index is 0.537. The van der Waals surface area contributed by atoms with Crippen molar-refractivity contribution >= 4 is 22.5 Å². The molecule has 0 atom stereocenters. The summed E-state index contributed by atoms with van der Waals surface area (Å²) in [5, 5.41) is 6.03. The number of pyridine rings is 1. The molecular weight excluding hydrogens is 396 g/mol. The van der Waals surface area contributed by atoms with Crippen LogP contribution >= 0.6 is 11.6 Å². The van der Waals surface area contributed by atoms with E-state index in [9.17, 15) is 0 Å². The van der Waals surface area contributed by atoms with Gasteiger partial charge in [-0.15, -0.1) is 0 Å². The van der Waals surface area contributed by atoms with Crippen LogP contribution in [0.2, 0.25) is 5.02 Å². The summed E-state index contributed by atoms with van der Waals surface area (Å²) >= 11 is 6.58. The van der Waals surface area contributed by atoms with Crippen LogP contribution in [-0.2, 0) is 7.05 Å². The van der Waals surface area contributed by atoms with Crippen LogP contribution in [0.3, 0.4) is 0 Å². The van der Waals surface area contributed by atoms with Gasteiger partial charge in [0.2, 0.25) is 0 Å². The van der Waals surface area contributed by atoms with Crippen molar-refractivity contribution in [1.29, 1.82) is 0 Å². The molecule has 5 nitrogen and oxygen atoms in total. The van der Waals surface area contributed by atoms with Gasteiger partial charge in [-0.2, -0.15) is 5.10 Å². The van der Waals surface area contributed by atoms with E-state index < -0.39 is 0 Å². The molecule has 0 amide bonds. The van der Waals surface area contributed by atoms with E-state index in [0.29, 0.717) is 18.2 Å². The van der Waals surface area contributed by atoms with Crippen molar-refractivity contribution in [2.75, 3.05) is 13.2 Å². The Labute approximate surface area is 181 Å². The predicted molar refractivity (Wildman–Crippen MR) is 123 cm³/mol. The minimum atomic E-state index is 0.537. The smallest absolute Gasteiger partial charge is 0.138 e. The molecular formula is C24H25ClN4O. The number of nitrogens with two attached hydrogens (primary N) is 1. The molecule has 0 bridgehead atoms. The molecule has 0 aliphatic rings. The van der Waals surface area contributed by atoms with E-state index in [1.165, 1.54) is 11.1 Å². The highest BCUT2D eigenvalue weighted by atomic mass is 35.5. The Hall–Kier alpha value is -2.89. The molecule has 0 radical (unpaired) electrons. The largest absolute Gasteiger partial charge is 0.492 e. The van der Waals surface area contributed by atoms with Crippen molar-refractivity contribution in [1.82, 2.24) is 14.8 Å². The van der Waals surface area contributed by atoms with Gasteiger partial charge in [-0.25, -0.2) is 0 Å². The van der Waals surface area contributed by atoms with Crippen LogP contribution < -0.4 is 10.5 Å². The molecule has 0 saturated heterocycles. The number of halogens is 1. The first-order valence-electron chi connectivity index (χ1n) is 10.00. The molecule has 30 heavy (non-hydrogen) atoms. The van der Waals surface area contributed by atoms with Crippen LogP contribution in [0.4, 0.5) is 0 Å². The van der Waals surface area contributed by atoms with Gasteiger partial charge in [-0.1, -0.05) is 40.9 Å². The first kappa shape index (κ1) is 20.4. The zero-order valence-corrected chi connectivity index (χ0v) is 18.2. The molecule has 2 N–H and O–H groups in total. The highest BCUT2D eigenvalue weighted by molar-refractivity contribution is 6.34. The SMILES string of the molecule is Cc1cc(C)cc(-c2cnc3cc(Cl)c(-c4ccn(C)n4)cc3c2OCCCN)c1. The second-order valence-electron chi connectivity index (χ2n) is 7.59. The van der Waals surface area contributed by atoms with Crippen LogP contribution in [0, 0.1) is 13.8 Å². The zero-order valence-electron chi connectivity index (χ0n) is 17.4. The number of hydrogen-bond donors (Lipinski definition) is 1. The van der Waals surface area contributed by atoms with Gasteiger partial charge in [-0.05, 0) is 50.6 Å². The van der Waals surface area contributed by atoms with E-state index in [1.807, 2.05) is 37.6 Å². The topological polar surface area (TPSA) is 66.0 Å². The van der Waals surface area contributed by atoms with Gasteiger partial charge < -0.3 is 10.5 Å². The van der Waals surface area contributed by atoms with Crippen molar-refractivity contribution < 1.29 is 4.74 Å². The molecule has 0 aliphatic carbocycles. The lowest BCUT2D eigenvalue weighted by atomic mass is 9.98. The summed E-state index contributed by atoms with van der Waals surface area (Å²) in [7, 11) is 1.89.